The zero-order valence-electron chi connectivity index (χ0n) is 11.8. The molecule has 3 N–H and O–H groups in total. The predicted octanol–water partition coefficient (Wildman–Crippen LogP) is 0.197. The lowest BCUT2D eigenvalue weighted by Gasteiger charge is -2.30. The van der Waals surface area contributed by atoms with E-state index in [4.69, 9.17) is 10.5 Å². The number of methoxy groups -OCH3 is 1. The summed E-state index contributed by atoms with van der Waals surface area (Å²) in [7, 11) is 3.50. The van der Waals surface area contributed by atoms with Crippen molar-refractivity contribution in [2.75, 3.05) is 33.9 Å². The van der Waals surface area contributed by atoms with Gasteiger partial charge in [-0.3, -0.25) is 9.69 Å². The molecule has 0 radical (unpaired) electrons. The number of amides is 1. The number of nitrogens with one attached hydrogen (secondary N) is 1. The van der Waals surface area contributed by atoms with E-state index in [9.17, 15) is 4.79 Å². The summed E-state index contributed by atoms with van der Waals surface area (Å²) in [5.41, 5.74) is 5.34. The van der Waals surface area contributed by atoms with Crippen molar-refractivity contribution < 1.29 is 9.53 Å². The number of hydrogen-bond acceptors (Lipinski definition) is 4. The Labute approximate surface area is 110 Å². The fraction of sp³-hybridized carbons (Fsp3) is 0.923. The highest BCUT2D eigenvalue weighted by atomic mass is 16.5. The third kappa shape index (κ3) is 4.92. The molecule has 0 aliphatic heterocycles. The van der Waals surface area contributed by atoms with Crippen LogP contribution in [0.5, 0.6) is 0 Å². The van der Waals surface area contributed by atoms with Crippen LogP contribution in [0, 0.1) is 5.92 Å². The fourth-order valence-corrected chi connectivity index (χ4v) is 2.33. The van der Waals surface area contributed by atoms with E-state index in [0.29, 0.717) is 6.04 Å². The number of primary amides is 1. The lowest BCUT2D eigenvalue weighted by molar-refractivity contribution is -0.120. The smallest absolute Gasteiger partial charge is 0.234 e. The van der Waals surface area contributed by atoms with Gasteiger partial charge < -0.3 is 15.8 Å². The van der Waals surface area contributed by atoms with Gasteiger partial charge in [0.1, 0.15) is 0 Å². The number of likely N-dealkylation sites (N-methyl/N-ethyl adjacent to an activating group) is 1. The minimum Gasteiger partial charge on any atom is -0.383 e. The molecule has 1 amide bonds. The molecule has 5 heteroatoms. The van der Waals surface area contributed by atoms with E-state index < -0.39 is 0 Å². The molecule has 0 spiro atoms. The quantitative estimate of drug-likeness (QED) is 0.586. The highest BCUT2D eigenvalue weighted by Gasteiger charge is 2.32. The highest BCUT2D eigenvalue weighted by Crippen LogP contribution is 2.35. The maximum Gasteiger partial charge on any atom is 0.234 e. The average molecular weight is 257 g/mol. The molecule has 0 heterocycles. The number of nitrogens with two attached hydrogens (primary N) is 1. The molecule has 0 saturated heterocycles. The molecular formula is C13H27N3O2. The van der Waals surface area contributed by atoms with Gasteiger partial charge in [-0.05, 0) is 39.2 Å². The van der Waals surface area contributed by atoms with Crippen molar-refractivity contribution in [3.05, 3.63) is 0 Å². The van der Waals surface area contributed by atoms with Crippen LogP contribution in [0.25, 0.3) is 0 Å². The number of rotatable bonds is 10. The van der Waals surface area contributed by atoms with Crippen LogP contribution in [0.4, 0.5) is 0 Å². The Morgan fingerprint density at radius 1 is 1.50 bits per heavy atom. The van der Waals surface area contributed by atoms with Gasteiger partial charge in [-0.2, -0.15) is 0 Å². The molecule has 1 aliphatic rings. The second-order valence-electron chi connectivity index (χ2n) is 5.14. The standard InChI is InChI=1S/C13H27N3O2/c1-10(11-4-5-11)16(8-9-18-3)7-6-12(15-2)13(14)17/h10-12,15H,4-9H2,1-3H3,(H2,14,17). The average Bonchev–Trinajstić information content (AvgIpc) is 3.16. The zero-order valence-corrected chi connectivity index (χ0v) is 11.8. The van der Waals surface area contributed by atoms with Crippen molar-refractivity contribution in [2.24, 2.45) is 11.7 Å². The molecule has 0 aromatic rings. The number of carbonyl (C=O) groups is 1. The largest absolute Gasteiger partial charge is 0.383 e. The molecule has 0 aromatic heterocycles. The van der Waals surface area contributed by atoms with Gasteiger partial charge in [0.25, 0.3) is 0 Å². The van der Waals surface area contributed by atoms with Gasteiger partial charge >= 0.3 is 0 Å². The minimum atomic E-state index is -0.275. The van der Waals surface area contributed by atoms with E-state index in [1.165, 1.54) is 12.8 Å². The van der Waals surface area contributed by atoms with Crippen molar-refractivity contribution in [3.63, 3.8) is 0 Å². The van der Waals surface area contributed by atoms with E-state index in [2.05, 4.69) is 17.1 Å². The molecule has 1 rings (SSSR count). The third-order valence-electron chi connectivity index (χ3n) is 3.86. The van der Waals surface area contributed by atoms with Crippen LogP contribution >= 0.6 is 0 Å². The molecule has 0 aromatic carbocycles. The van der Waals surface area contributed by atoms with Crippen LogP contribution in [-0.2, 0) is 9.53 Å². The van der Waals surface area contributed by atoms with E-state index in [1.807, 2.05) is 0 Å². The Hall–Kier alpha value is -0.650. The first-order chi connectivity index (χ1) is 8.60. The van der Waals surface area contributed by atoms with Gasteiger partial charge in [-0.1, -0.05) is 0 Å². The summed E-state index contributed by atoms with van der Waals surface area (Å²) in [5, 5.41) is 2.96. The van der Waals surface area contributed by atoms with Crippen LogP contribution in [0.2, 0.25) is 0 Å². The topological polar surface area (TPSA) is 67.6 Å². The van der Waals surface area contributed by atoms with Crippen molar-refractivity contribution in [3.8, 4) is 0 Å². The van der Waals surface area contributed by atoms with E-state index in [1.54, 1.807) is 14.2 Å². The zero-order chi connectivity index (χ0) is 13.5. The Bertz CT molecular complexity index is 257. The molecule has 18 heavy (non-hydrogen) atoms. The number of ether oxygens (including phenoxy) is 1. The first kappa shape index (κ1) is 15.4. The molecule has 106 valence electrons. The molecule has 2 atom stereocenters. The van der Waals surface area contributed by atoms with Gasteiger partial charge in [0.05, 0.1) is 12.6 Å². The van der Waals surface area contributed by atoms with Gasteiger partial charge in [0.15, 0.2) is 0 Å². The first-order valence-corrected chi connectivity index (χ1v) is 6.79. The summed E-state index contributed by atoms with van der Waals surface area (Å²) in [5.74, 6) is 0.548. The summed E-state index contributed by atoms with van der Waals surface area (Å²) < 4.78 is 5.15. The van der Waals surface area contributed by atoms with Crippen LogP contribution in [0.3, 0.4) is 0 Å². The van der Waals surface area contributed by atoms with Crippen LogP contribution < -0.4 is 11.1 Å². The van der Waals surface area contributed by atoms with Gasteiger partial charge in [-0.15, -0.1) is 0 Å². The molecule has 1 saturated carbocycles. The van der Waals surface area contributed by atoms with Crippen LogP contribution in [0.15, 0.2) is 0 Å². The van der Waals surface area contributed by atoms with Gasteiger partial charge in [-0.25, -0.2) is 0 Å². The van der Waals surface area contributed by atoms with Crippen molar-refractivity contribution in [1.82, 2.24) is 10.2 Å². The second-order valence-corrected chi connectivity index (χ2v) is 5.14. The van der Waals surface area contributed by atoms with Crippen LogP contribution in [0.1, 0.15) is 26.2 Å². The number of nitrogens with zero attached hydrogens (tertiary/aromatic N) is 1. The summed E-state index contributed by atoms with van der Waals surface area (Å²) in [6.45, 7) is 4.81. The lowest BCUT2D eigenvalue weighted by atomic mass is 10.1. The molecule has 2 unspecified atom stereocenters. The summed E-state index contributed by atoms with van der Waals surface area (Å²) in [4.78, 5) is 13.6. The van der Waals surface area contributed by atoms with Gasteiger partial charge in [0.2, 0.25) is 5.91 Å². The predicted molar refractivity (Wildman–Crippen MR) is 72.3 cm³/mol. The maximum atomic E-state index is 11.2. The normalized spacial score (nSPS) is 18.9. The third-order valence-corrected chi connectivity index (χ3v) is 3.86. The Morgan fingerprint density at radius 3 is 2.61 bits per heavy atom. The number of hydrogen-bond donors (Lipinski definition) is 2. The summed E-state index contributed by atoms with van der Waals surface area (Å²) in [6.07, 6.45) is 3.42. The molecule has 0 bridgehead atoms. The van der Waals surface area contributed by atoms with E-state index >= 15 is 0 Å². The SMILES string of the molecule is CNC(CCN(CCOC)C(C)C1CC1)C(N)=O. The maximum absolute atomic E-state index is 11.2. The minimum absolute atomic E-state index is 0.235. The summed E-state index contributed by atoms with van der Waals surface area (Å²) in [6, 6.07) is 0.340. The van der Waals surface area contributed by atoms with E-state index in [-0.39, 0.29) is 11.9 Å². The lowest BCUT2D eigenvalue weighted by Crippen LogP contribution is -2.44. The van der Waals surface area contributed by atoms with Crippen molar-refractivity contribution in [2.45, 2.75) is 38.3 Å². The highest BCUT2D eigenvalue weighted by molar-refractivity contribution is 5.79. The van der Waals surface area contributed by atoms with Crippen molar-refractivity contribution >= 4 is 5.91 Å². The Kier molecular flexibility index (Phi) is 6.60. The second kappa shape index (κ2) is 7.71. The fourth-order valence-electron chi connectivity index (χ4n) is 2.33. The monoisotopic (exact) mass is 257 g/mol. The molecule has 5 nitrogen and oxygen atoms in total. The Morgan fingerprint density at radius 2 is 2.17 bits per heavy atom. The van der Waals surface area contributed by atoms with E-state index in [0.717, 1.165) is 32.0 Å². The number of carbonyl (C=O) groups excluding carboxylic acids is 1. The first-order valence-electron chi connectivity index (χ1n) is 6.79. The summed E-state index contributed by atoms with van der Waals surface area (Å²) >= 11 is 0. The molecule has 1 fully saturated rings. The Balaban J connectivity index is 2.41. The molecule has 1 aliphatic carbocycles. The van der Waals surface area contributed by atoms with Crippen LogP contribution in [-0.4, -0.2) is 56.7 Å². The molecular weight excluding hydrogens is 230 g/mol. The van der Waals surface area contributed by atoms with Crippen molar-refractivity contribution in [1.29, 1.82) is 0 Å². The van der Waals surface area contributed by atoms with Gasteiger partial charge in [0, 0.05) is 26.2 Å².